The molecule has 2 aromatic carbocycles. The fraction of sp³-hybridized carbons (Fsp3) is 0. The minimum absolute atomic E-state index is 0.121. The van der Waals surface area contributed by atoms with Gasteiger partial charge in [0.05, 0.1) is 10.6 Å². The van der Waals surface area contributed by atoms with Gasteiger partial charge in [0.15, 0.2) is 0 Å². The van der Waals surface area contributed by atoms with E-state index in [1.54, 1.807) is 30.3 Å². The van der Waals surface area contributed by atoms with Crippen molar-refractivity contribution in [3.8, 4) is 5.75 Å². The van der Waals surface area contributed by atoms with E-state index in [-0.39, 0.29) is 16.8 Å². The van der Waals surface area contributed by atoms with E-state index in [2.05, 4.69) is 10.3 Å². The van der Waals surface area contributed by atoms with Crippen LogP contribution in [0.4, 0.5) is 14.9 Å². The lowest BCUT2D eigenvalue weighted by atomic mass is 10.2. The van der Waals surface area contributed by atoms with E-state index in [4.69, 9.17) is 0 Å². The summed E-state index contributed by atoms with van der Waals surface area (Å²) in [7, 11) is 0. The lowest BCUT2D eigenvalue weighted by Crippen LogP contribution is -2.18. The zero-order chi connectivity index (χ0) is 15.5. The van der Waals surface area contributed by atoms with Crippen LogP contribution in [0.1, 0.15) is 5.56 Å². The topological polar surface area (TPSA) is 61.7 Å². The maximum Gasteiger partial charge on any atom is 0.289 e. The van der Waals surface area contributed by atoms with Crippen LogP contribution in [0.5, 0.6) is 5.75 Å². The highest BCUT2D eigenvalue weighted by atomic mass is 32.2. The molecule has 4 nitrogen and oxygen atoms in total. The van der Waals surface area contributed by atoms with Crippen LogP contribution in [-0.2, 0) is 0 Å². The number of benzene rings is 2. The molecule has 2 aromatic rings. The van der Waals surface area contributed by atoms with Crippen LogP contribution in [0.25, 0.3) is 6.08 Å². The molecule has 2 N–H and O–H groups in total. The molecular weight excluding hydrogens is 303 g/mol. The fourth-order valence-electron chi connectivity index (χ4n) is 1.91. The number of carbonyl (C=O) groups excluding carboxylic acids is 1. The van der Waals surface area contributed by atoms with Gasteiger partial charge < -0.3 is 10.4 Å². The quantitative estimate of drug-likeness (QED) is 0.878. The predicted octanol–water partition coefficient (Wildman–Crippen LogP) is 4.06. The van der Waals surface area contributed by atoms with E-state index in [0.29, 0.717) is 22.0 Å². The third kappa shape index (κ3) is 3.17. The zero-order valence-electron chi connectivity index (χ0n) is 11.3. The first-order valence-corrected chi connectivity index (χ1v) is 7.26. The monoisotopic (exact) mass is 314 g/mol. The Morgan fingerprint density at radius 3 is 2.59 bits per heavy atom. The molecule has 3 rings (SSSR count). The number of rotatable bonds is 2. The Hall–Kier alpha value is -2.60. The Labute approximate surface area is 130 Å². The molecule has 0 bridgehead atoms. The SMILES string of the molecule is O=C1NC(=Nc2ccc(F)cc2)/C(=C/c2ccccc2O)S1. The van der Waals surface area contributed by atoms with Gasteiger partial charge in [-0.05, 0) is 48.2 Å². The number of thioether (sulfide) groups is 1. The van der Waals surface area contributed by atoms with Crippen LogP contribution >= 0.6 is 11.8 Å². The average molecular weight is 314 g/mol. The third-order valence-corrected chi connectivity index (χ3v) is 3.77. The highest BCUT2D eigenvalue weighted by Crippen LogP contribution is 2.30. The van der Waals surface area contributed by atoms with E-state index >= 15 is 0 Å². The number of nitrogens with zero attached hydrogens (tertiary/aromatic N) is 1. The number of phenols is 1. The molecule has 1 heterocycles. The van der Waals surface area contributed by atoms with Gasteiger partial charge in [-0.2, -0.15) is 0 Å². The first-order valence-electron chi connectivity index (χ1n) is 6.45. The molecule has 1 amide bonds. The second-order valence-corrected chi connectivity index (χ2v) is 5.53. The van der Waals surface area contributed by atoms with Crippen molar-refractivity contribution in [3.63, 3.8) is 0 Å². The van der Waals surface area contributed by atoms with Crippen LogP contribution in [-0.4, -0.2) is 16.2 Å². The average Bonchev–Trinajstić information content (AvgIpc) is 2.83. The van der Waals surface area contributed by atoms with E-state index in [0.717, 1.165) is 11.8 Å². The first-order chi connectivity index (χ1) is 10.6. The predicted molar refractivity (Wildman–Crippen MR) is 85.7 cm³/mol. The van der Waals surface area contributed by atoms with Gasteiger partial charge in [0.25, 0.3) is 5.24 Å². The summed E-state index contributed by atoms with van der Waals surface area (Å²) in [6, 6.07) is 12.5. The van der Waals surface area contributed by atoms with Crippen molar-refractivity contribution in [2.45, 2.75) is 0 Å². The van der Waals surface area contributed by atoms with E-state index < -0.39 is 0 Å². The standard InChI is InChI=1S/C16H11FN2O2S/c17-11-5-7-12(8-6-11)18-15-14(22-16(21)19-15)9-10-3-1-2-4-13(10)20/h1-9,20H,(H,18,19,21)/b14-9-. The van der Waals surface area contributed by atoms with Crippen LogP contribution in [0.2, 0.25) is 0 Å². The maximum atomic E-state index is 12.9. The zero-order valence-corrected chi connectivity index (χ0v) is 12.1. The van der Waals surface area contributed by atoms with Crippen molar-refractivity contribution in [2.24, 2.45) is 4.99 Å². The van der Waals surface area contributed by atoms with Crippen molar-refractivity contribution in [1.29, 1.82) is 0 Å². The lowest BCUT2D eigenvalue weighted by Gasteiger charge is -2.01. The summed E-state index contributed by atoms with van der Waals surface area (Å²) in [5, 5.41) is 12.2. The van der Waals surface area contributed by atoms with Gasteiger partial charge in [-0.25, -0.2) is 9.38 Å². The number of aliphatic imine (C=N–C) groups is 1. The number of phenolic OH excluding ortho intramolecular Hbond substituents is 1. The summed E-state index contributed by atoms with van der Waals surface area (Å²) in [5.74, 6) is 0.152. The molecule has 1 aliphatic rings. The van der Waals surface area contributed by atoms with Crippen LogP contribution in [0.3, 0.4) is 0 Å². The van der Waals surface area contributed by atoms with Gasteiger partial charge in [0, 0.05) is 5.56 Å². The Morgan fingerprint density at radius 1 is 1.14 bits per heavy atom. The highest BCUT2D eigenvalue weighted by Gasteiger charge is 2.23. The number of amides is 1. The number of nitrogens with one attached hydrogen (secondary N) is 1. The number of carbonyl (C=O) groups is 1. The molecule has 0 aromatic heterocycles. The second-order valence-electron chi connectivity index (χ2n) is 4.52. The third-order valence-electron chi connectivity index (χ3n) is 2.95. The van der Waals surface area contributed by atoms with Gasteiger partial charge >= 0.3 is 0 Å². The largest absolute Gasteiger partial charge is 0.507 e. The normalized spacial score (nSPS) is 18.0. The first kappa shape index (κ1) is 14.3. The molecule has 0 radical (unpaired) electrons. The van der Waals surface area contributed by atoms with E-state index in [9.17, 15) is 14.3 Å². The summed E-state index contributed by atoms with van der Waals surface area (Å²) < 4.78 is 12.9. The Kier molecular flexibility index (Phi) is 3.93. The van der Waals surface area contributed by atoms with Crippen molar-refractivity contribution in [1.82, 2.24) is 5.32 Å². The highest BCUT2D eigenvalue weighted by molar-refractivity contribution is 8.18. The molecule has 1 fully saturated rings. The van der Waals surface area contributed by atoms with Gasteiger partial charge in [-0.3, -0.25) is 4.79 Å². The fourth-order valence-corrected chi connectivity index (χ4v) is 2.64. The summed E-state index contributed by atoms with van der Waals surface area (Å²) in [4.78, 5) is 16.5. The smallest absolute Gasteiger partial charge is 0.289 e. The minimum Gasteiger partial charge on any atom is -0.507 e. The van der Waals surface area contributed by atoms with Gasteiger partial charge in [-0.15, -0.1) is 0 Å². The van der Waals surface area contributed by atoms with Crippen molar-refractivity contribution < 1.29 is 14.3 Å². The lowest BCUT2D eigenvalue weighted by molar-refractivity contribution is 0.265. The molecule has 0 spiro atoms. The van der Waals surface area contributed by atoms with Crippen LogP contribution < -0.4 is 5.32 Å². The minimum atomic E-state index is -0.348. The van der Waals surface area contributed by atoms with Crippen molar-refractivity contribution in [2.75, 3.05) is 0 Å². The summed E-state index contributed by atoms with van der Waals surface area (Å²) in [6.45, 7) is 0. The van der Waals surface area contributed by atoms with Crippen LogP contribution in [0, 0.1) is 5.82 Å². The maximum absolute atomic E-state index is 12.9. The number of hydrogen-bond donors (Lipinski definition) is 2. The number of amidine groups is 1. The number of aromatic hydroxyl groups is 1. The summed E-state index contributed by atoms with van der Waals surface area (Å²) >= 11 is 0.995. The molecule has 0 atom stereocenters. The molecule has 1 aliphatic heterocycles. The molecule has 0 unspecified atom stereocenters. The molecule has 6 heteroatoms. The molecule has 1 saturated heterocycles. The van der Waals surface area contributed by atoms with Gasteiger partial charge in [-0.1, -0.05) is 18.2 Å². The van der Waals surface area contributed by atoms with Gasteiger partial charge in [0.2, 0.25) is 0 Å². The Morgan fingerprint density at radius 2 is 1.86 bits per heavy atom. The number of hydrogen-bond acceptors (Lipinski definition) is 4. The molecule has 110 valence electrons. The van der Waals surface area contributed by atoms with Crippen molar-refractivity contribution >= 4 is 34.6 Å². The van der Waals surface area contributed by atoms with E-state index in [1.807, 2.05) is 0 Å². The summed E-state index contributed by atoms with van der Waals surface area (Å²) in [5.41, 5.74) is 1.12. The number of halogens is 1. The van der Waals surface area contributed by atoms with Gasteiger partial charge in [0.1, 0.15) is 17.4 Å². The van der Waals surface area contributed by atoms with E-state index in [1.165, 1.54) is 24.3 Å². The van der Waals surface area contributed by atoms with Crippen molar-refractivity contribution in [3.05, 3.63) is 64.8 Å². The second kappa shape index (κ2) is 6.03. The Bertz CT molecular complexity index is 785. The van der Waals surface area contributed by atoms with Crippen LogP contribution in [0.15, 0.2) is 58.4 Å². The molecule has 0 aliphatic carbocycles. The molecule has 22 heavy (non-hydrogen) atoms. The molecular formula is C16H11FN2O2S. The number of para-hydroxylation sites is 1. The molecule has 0 saturated carbocycles. The summed E-state index contributed by atoms with van der Waals surface area (Å²) in [6.07, 6.45) is 1.68. The Balaban J connectivity index is 1.97.